The number of amides is 1. The van der Waals surface area contributed by atoms with Crippen molar-refractivity contribution in [3.05, 3.63) is 87.1 Å². The fourth-order valence-corrected chi connectivity index (χ4v) is 3.13. The normalized spacial score (nSPS) is 10.9. The molecule has 2 heterocycles. The Hall–Kier alpha value is -4.01. The molecule has 0 bridgehead atoms. The summed E-state index contributed by atoms with van der Waals surface area (Å²) in [6, 6.07) is 14.1. The van der Waals surface area contributed by atoms with Crippen LogP contribution in [0.4, 0.5) is 0 Å². The van der Waals surface area contributed by atoms with Crippen LogP contribution in [-0.2, 0) is 13.1 Å². The Kier molecular flexibility index (Phi) is 4.78. The van der Waals surface area contributed by atoms with Crippen LogP contribution < -0.4 is 16.6 Å². The van der Waals surface area contributed by atoms with Crippen LogP contribution in [0, 0.1) is 0 Å². The number of para-hydroxylation sites is 1. The van der Waals surface area contributed by atoms with E-state index in [9.17, 15) is 14.4 Å². The molecule has 0 fully saturated rings. The van der Waals surface area contributed by atoms with Gasteiger partial charge in [-0.05, 0) is 37.3 Å². The number of fused-ring (bicyclic) bond motifs is 1. The van der Waals surface area contributed by atoms with Crippen LogP contribution >= 0.6 is 0 Å². The number of rotatable bonds is 5. The minimum absolute atomic E-state index is 0.166. The summed E-state index contributed by atoms with van der Waals surface area (Å²) >= 11 is 0. The number of H-pyrrole nitrogens is 1. The number of carbonyl (C=O) groups is 1. The second kappa shape index (κ2) is 7.55. The average Bonchev–Trinajstić information content (AvgIpc) is 3.21. The maximum atomic E-state index is 12.6. The van der Waals surface area contributed by atoms with E-state index >= 15 is 0 Å². The monoisotopic (exact) mass is 390 g/mol. The summed E-state index contributed by atoms with van der Waals surface area (Å²) in [6.07, 6.45) is 1.58. The number of hydrogen-bond donors (Lipinski definition) is 2. The molecule has 4 rings (SSSR count). The first kappa shape index (κ1) is 18.4. The van der Waals surface area contributed by atoms with E-state index in [1.165, 1.54) is 6.07 Å². The molecule has 0 unspecified atom stereocenters. The predicted molar refractivity (Wildman–Crippen MR) is 107 cm³/mol. The van der Waals surface area contributed by atoms with Crippen LogP contribution in [0.15, 0.2) is 64.4 Å². The van der Waals surface area contributed by atoms with Crippen molar-refractivity contribution in [1.29, 1.82) is 0 Å². The zero-order valence-electron chi connectivity index (χ0n) is 15.6. The van der Waals surface area contributed by atoms with Gasteiger partial charge in [0.1, 0.15) is 6.33 Å². The molecule has 2 aromatic carbocycles. The second-order valence-electron chi connectivity index (χ2n) is 6.38. The third-order valence-electron chi connectivity index (χ3n) is 4.62. The molecule has 2 aromatic heterocycles. The minimum atomic E-state index is -0.501. The fourth-order valence-electron chi connectivity index (χ4n) is 3.13. The number of benzene rings is 2. The van der Waals surface area contributed by atoms with Crippen molar-refractivity contribution < 1.29 is 4.79 Å². The third-order valence-corrected chi connectivity index (χ3v) is 4.62. The SMILES string of the molecule is CCn1c(=O)[nH]c2cc(C(=O)NCc3nncn3-c3ccccc3)ccc2c1=O. The van der Waals surface area contributed by atoms with E-state index in [4.69, 9.17) is 0 Å². The van der Waals surface area contributed by atoms with Gasteiger partial charge in [-0.25, -0.2) is 4.79 Å². The van der Waals surface area contributed by atoms with Gasteiger partial charge in [-0.3, -0.25) is 18.7 Å². The third kappa shape index (κ3) is 3.45. The molecule has 0 aliphatic carbocycles. The lowest BCUT2D eigenvalue weighted by atomic mass is 10.1. The lowest BCUT2D eigenvalue weighted by molar-refractivity contribution is 0.0950. The summed E-state index contributed by atoms with van der Waals surface area (Å²) in [5.74, 6) is 0.222. The van der Waals surface area contributed by atoms with Gasteiger partial charge in [0.2, 0.25) is 0 Å². The Morgan fingerprint density at radius 1 is 1.14 bits per heavy atom. The minimum Gasteiger partial charge on any atom is -0.345 e. The van der Waals surface area contributed by atoms with E-state index in [2.05, 4.69) is 20.5 Å². The van der Waals surface area contributed by atoms with Crippen LogP contribution in [-0.4, -0.2) is 30.2 Å². The Morgan fingerprint density at radius 3 is 2.69 bits per heavy atom. The highest BCUT2D eigenvalue weighted by molar-refractivity contribution is 5.97. The Balaban J connectivity index is 1.57. The number of nitrogens with zero attached hydrogens (tertiary/aromatic N) is 4. The Morgan fingerprint density at radius 2 is 1.93 bits per heavy atom. The van der Waals surface area contributed by atoms with Crippen molar-refractivity contribution in [2.75, 3.05) is 0 Å². The van der Waals surface area contributed by atoms with Crippen molar-refractivity contribution in [1.82, 2.24) is 29.6 Å². The maximum Gasteiger partial charge on any atom is 0.328 e. The van der Waals surface area contributed by atoms with Gasteiger partial charge in [-0.2, -0.15) is 0 Å². The molecule has 0 atom stereocenters. The highest BCUT2D eigenvalue weighted by Crippen LogP contribution is 2.11. The molecule has 2 N–H and O–H groups in total. The quantitative estimate of drug-likeness (QED) is 0.532. The standard InChI is InChI=1S/C20H18N6O3/c1-2-25-19(28)15-9-8-13(10-16(15)23-20(25)29)18(27)21-11-17-24-22-12-26(17)14-6-4-3-5-7-14/h3-10,12H,2,11H2,1H3,(H,21,27)(H,23,29). The second-order valence-corrected chi connectivity index (χ2v) is 6.38. The van der Waals surface area contributed by atoms with Crippen molar-refractivity contribution >= 4 is 16.8 Å². The number of carbonyl (C=O) groups excluding carboxylic acids is 1. The first-order valence-corrected chi connectivity index (χ1v) is 9.08. The van der Waals surface area contributed by atoms with Gasteiger partial charge in [-0.15, -0.1) is 10.2 Å². The van der Waals surface area contributed by atoms with Crippen molar-refractivity contribution in [3.63, 3.8) is 0 Å². The number of nitrogens with one attached hydrogen (secondary N) is 2. The summed E-state index contributed by atoms with van der Waals surface area (Å²) in [5.41, 5.74) is 0.655. The van der Waals surface area contributed by atoms with Crippen molar-refractivity contribution in [2.45, 2.75) is 20.0 Å². The molecule has 0 radical (unpaired) electrons. The maximum absolute atomic E-state index is 12.6. The highest BCUT2D eigenvalue weighted by Gasteiger charge is 2.12. The van der Waals surface area contributed by atoms with Gasteiger partial charge in [0.15, 0.2) is 5.82 Å². The molecule has 0 spiro atoms. The van der Waals surface area contributed by atoms with E-state index in [1.807, 2.05) is 30.3 Å². The lowest BCUT2D eigenvalue weighted by Crippen LogP contribution is -2.34. The number of aromatic nitrogens is 5. The van der Waals surface area contributed by atoms with Crippen LogP contribution in [0.5, 0.6) is 0 Å². The summed E-state index contributed by atoms with van der Waals surface area (Å²) in [6.45, 7) is 2.16. The van der Waals surface area contributed by atoms with Gasteiger partial charge in [0.25, 0.3) is 11.5 Å². The average molecular weight is 390 g/mol. The first-order chi connectivity index (χ1) is 14.1. The van der Waals surface area contributed by atoms with E-state index in [-0.39, 0.29) is 24.6 Å². The molecule has 0 saturated heterocycles. The number of hydrogen-bond acceptors (Lipinski definition) is 5. The summed E-state index contributed by atoms with van der Waals surface area (Å²) < 4.78 is 2.89. The zero-order chi connectivity index (χ0) is 20.4. The molecular formula is C20H18N6O3. The van der Waals surface area contributed by atoms with Crippen LogP contribution in [0.3, 0.4) is 0 Å². The van der Waals surface area contributed by atoms with Gasteiger partial charge in [-0.1, -0.05) is 18.2 Å². The molecular weight excluding hydrogens is 372 g/mol. The molecule has 0 aliphatic rings. The largest absolute Gasteiger partial charge is 0.345 e. The smallest absolute Gasteiger partial charge is 0.328 e. The fraction of sp³-hybridized carbons (Fsp3) is 0.150. The first-order valence-electron chi connectivity index (χ1n) is 9.08. The van der Waals surface area contributed by atoms with Gasteiger partial charge in [0.05, 0.1) is 17.4 Å². The molecule has 0 saturated carbocycles. The van der Waals surface area contributed by atoms with Crippen LogP contribution in [0.25, 0.3) is 16.6 Å². The number of aromatic amines is 1. The molecule has 0 aliphatic heterocycles. The zero-order valence-corrected chi connectivity index (χ0v) is 15.6. The topological polar surface area (TPSA) is 115 Å². The lowest BCUT2D eigenvalue weighted by Gasteiger charge is -2.09. The highest BCUT2D eigenvalue weighted by atomic mass is 16.2. The van der Waals surface area contributed by atoms with Crippen LogP contribution in [0.2, 0.25) is 0 Å². The summed E-state index contributed by atoms with van der Waals surface area (Å²) in [5, 5.41) is 11.1. The summed E-state index contributed by atoms with van der Waals surface area (Å²) in [7, 11) is 0. The van der Waals surface area contributed by atoms with E-state index < -0.39 is 5.69 Å². The van der Waals surface area contributed by atoms with Crippen molar-refractivity contribution in [2.24, 2.45) is 0 Å². The molecule has 4 aromatic rings. The molecule has 9 heteroatoms. The summed E-state index contributed by atoms with van der Waals surface area (Å²) in [4.78, 5) is 39.6. The van der Waals surface area contributed by atoms with E-state index in [0.717, 1.165) is 10.3 Å². The van der Waals surface area contributed by atoms with Gasteiger partial charge in [0, 0.05) is 17.8 Å². The van der Waals surface area contributed by atoms with E-state index in [0.29, 0.717) is 22.3 Å². The Bertz CT molecular complexity index is 1300. The predicted octanol–water partition coefficient (Wildman–Crippen LogP) is 1.22. The molecule has 1 amide bonds. The van der Waals surface area contributed by atoms with E-state index in [1.54, 1.807) is 30.0 Å². The molecule has 29 heavy (non-hydrogen) atoms. The Labute approximate surface area is 164 Å². The van der Waals surface area contributed by atoms with Crippen molar-refractivity contribution in [3.8, 4) is 5.69 Å². The van der Waals surface area contributed by atoms with Gasteiger partial charge < -0.3 is 10.3 Å². The van der Waals surface area contributed by atoms with Crippen LogP contribution in [0.1, 0.15) is 23.1 Å². The molecule has 146 valence electrons. The molecule has 9 nitrogen and oxygen atoms in total. The van der Waals surface area contributed by atoms with Gasteiger partial charge >= 0.3 is 5.69 Å².